The first-order chi connectivity index (χ1) is 13.4. The molecular formula is C20H13Cl2N3O3. The molecule has 0 saturated heterocycles. The van der Waals surface area contributed by atoms with Crippen molar-refractivity contribution < 1.29 is 14.0 Å². The van der Waals surface area contributed by atoms with Crippen LogP contribution in [0.2, 0.25) is 10.0 Å². The highest BCUT2D eigenvalue weighted by atomic mass is 35.5. The Labute approximate surface area is 169 Å². The second-order valence-electron chi connectivity index (χ2n) is 6.11. The Bertz CT molecular complexity index is 1190. The van der Waals surface area contributed by atoms with Gasteiger partial charge in [-0.05, 0) is 42.5 Å². The smallest absolute Gasteiger partial charge is 0.260 e. The van der Waals surface area contributed by atoms with E-state index in [4.69, 9.17) is 27.6 Å². The van der Waals surface area contributed by atoms with Crippen molar-refractivity contribution in [3.8, 4) is 11.1 Å². The number of halogens is 2. The number of carbonyl (C=O) groups excluding carboxylic acids is 2. The van der Waals surface area contributed by atoms with Crippen LogP contribution in [0, 0.1) is 0 Å². The van der Waals surface area contributed by atoms with Gasteiger partial charge >= 0.3 is 0 Å². The van der Waals surface area contributed by atoms with E-state index in [1.807, 2.05) is 0 Å². The van der Waals surface area contributed by atoms with Gasteiger partial charge in [0.1, 0.15) is 17.0 Å². The Morgan fingerprint density at radius 3 is 2.43 bits per heavy atom. The minimum absolute atomic E-state index is 0.211. The molecule has 0 aliphatic heterocycles. The molecule has 0 atom stereocenters. The van der Waals surface area contributed by atoms with E-state index in [0.717, 1.165) is 0 Å². The molecule has 0 spiro atoms. The van der Waals surface area contributed by atoms with Crippen molar-refractivity contribution in [1.82, 2.24) is 4.98 Å². The zero-order valence-corrected chi connectivity index (χ0v) is 16.1. The monoisotopic (exact) mass is 413 g/mol. The van der Waals surface area contributed by atoms with Gasteiger partial charge in [-0.1, -0.05) is 23.2 Å². The van der Waals surface area contributed by atoms with Crippen molar-refractivity contribution in [2.24, 2.45) is 0 Å². The molecule has 8 heteroatoms. The molecule has 2 bridgehead atoms. The number of fused-ring (bicyclic) bond motifs is 2. The van der Waals surface area contributed by atoms with Crippen molar-refractivity contribution in [2.75, 3.05) is 10.6 Å². The lowest BCUT2D eigenvalue weighted by atomic mass is 10.0. The average molecular weight is 414 g/mol. The van der Waals surface area contributed by atoms with Gasteiger partial charge in [0.2, 0.25) is 5.91 Å². The number of nitrogens with one attached hydrogen (secondary N) is 2. The van der Waals surface area contributed by atoms with Gasteiger partial charge in [0, 0.05) is 29.9 Å². The maximum Gasteiger partial charge on any atom is 0.260 e. The van der Waals surface area contributed by atoms with Gasteiger partial charge in [0.25, 0.3) is 5.91 Å². The number of hydrogen-bond donors (Lipinski definition) is 2. The third-order valence-corrected chi connectivity index (χ3v) is 4.85. The molecular weight excluding hydrogens is 401 g/mol. The predicted octanol–water partition coefficient (Wildman–Crippen LogP) is 5.45. The van der Waals surface area contributed by atoms with E-state index in [-0.39, 0.29) is 11.8 Å². The number of carbonyl (C=O) groups is 2. The molecule has 2 N–H and O–H groups in total. The van der Waals surface area contributed by atoms with Gasteiger partial charge in [0.05, 0.1) is 15.6 Å². The third kappa shape index (κ3) is 3.40. The van der Waals surface area contributed by atoms with Gasteiger partial charge in [-0.15, -0.1) is 0 Å². The van der Waals surface area contributed by atoms with E-state index in [9.17, 15) is 9.59 Å². The highest BCUT2D eigenvalue weighted by Gasteiger charge is 2.24. The average Bonchev–Trinajstić information content (AvgIpc) is 3.26. The highest BCUT2D eigenvalue weighted by Crippen LogP contribution is 2.37. The van der Waals surface area contributed by atoms with Crippen LogP contribution in [0.3, 0.4) is 0 Å². The maximum absolute atomic E-state index is 12.9. The predicted molar refractivity (Wildman–Crippen MR) is 109 cm³/mol. The van der Waals surface area contributed by atoms with E-state index in [1.165, 1.54) is 6.92 Å². The first-order valence-electron chi connectivity index (χ1n) is 8.27. The van der Waals surface area contributed by atoms with Crippen LogP contribution in [0.4, 0.5) is 11.5 Å². The molecule has 0 radical (unpaired) electrons. The summed E-state index contributed by atoms with van der Waals surface area (Å²) in [6, 6.07) is 11.8. The summed E-state index contributed by atoms with van der Waals surface area (Å²) in [7, 11) is 0. The van der Waals surface area contributed by atoms with E-state index in [2.05, 4.69) is 15.6 Å². The van der Waals surface area contributed by atoms with Crippen LogP contribution >= 0.6 is 23.2 Å². The second kappa shape index (κ2) is 7.14. The fourth-order valence-electron chi connectivity index (χ4n) is 2.93. The molecule has 0 unspecified atom stereocenters. The first-order valence-corrected chi connectivity index (χ1v) is 9.03. The number of furan rings is 2. The van der Waals surface area contributed by atoms with E-state index >= 15 is 0 Å². The van der Waals surface area contributed by atoms with Crippen LogP contribution in [0.1, 0.15) is 17.3 Å². The summed E-state index contributed by atoms with van der Waals surface area (Å²) < 4.78 is 5.69. The standard InChI is InChI=1S/C20H13Cl2N3O3/c1-10(26)24-17-7-2-11(9-23-17)18-15-5-6-16(28-15)19(18)20(27)25-12-3-4-13(21)14(22)8-12/h2-9H,1H3,(H,25,27)(H,23,24,26). The van der Waals surface area contributed by atoms with Crippen molar-refractivity contribution in [1.29, 1.82) is 0 Å². The summed E-state index contributed by atoms with van der Waals surface area (Å²) in [6.07, 6.45) is 1.58. The Hall–Kier alpha value is -3.09. The minimum Gasteiger partial charge on any atom is -0.456 e. The number of benzene rings is 2. The number of nitrogens with zero attached hydrogens (tertiary/aromatic N) is 1. The number of hydrogen-bond acceptors (Lipinski definition) is 4. The number of amides is 2. The molecule has 0 aliphatic rings. The largest absolute Gasteiger partial charge is 0.456 e. The van der Waals surface area contributed by atoms with Gasteiger partial charge in [-0.2, -0.15) is 0 Å². The fourth-order valence-corrected chi connectivity index (χ4v) is 3.23. The molecule has 1 aromatic carbocycles. The molecule has 3 aromatic heterocycles. The lowest BCUT2D eigenvalue weighted by Crippen LogP contribution is -2.13. The molecule has 0 fully saturated rings. The highest BCUT2D eigenvalue weighted by molar-refractivity contribution is 6.42. The Morgan fingerprint density at radius 1 is 0.964 bits per heavy atom. The molecule has 3 heterocycles. The molecule has 4 rings (SSSR count). The van der Waals surface area contributed by atoms with Crippen molar-refractivity contribution in [3.63, 3.8) is 0 Å². The maximum atomic E-state index is 12.9. The van der Waals surface area contributed by atoms with Crippen LogP contribution in [0.5, 0.6) is 0 Å². The molecule has 28 heavy (non-hydrogen) atoms. The van der Waals surface area contributed by atoms with Crippen LogP contribution in [-0.4, -0.2) is 16.8 Å². The Balaban J connectivity index is 1.68. The summed E-state index contributed by atoms with van der Waals surface area (Å²) in [5.74, 6) is -0.123. The zero-order chi connectivity index (χ0) is 19.8. The number of rotatable bonds is 4. The summed E-state index contributed by atoms with van der Waals surface area (Å²) in [5, 5.41) is 6.16. The lowest BCUT2D eigenvalue weighted by Gasteiger charge is -2.09. The Morgan fingerprint density at radius 2 is 1.75 bits per heavy atom. The van der Waals surface area contributed by atoms with Gasteiger partial charge < -0.3 is 15.1 Å². The number of anilines is 2. The van der Waals surface area contributed by atoms with Crippen molar-refractivity contribution >= 4 is 57.7 Å². The van der Waals surface area contributed by atoms with E-state index in [0.29, 0.717) is 49.4 Å². The molecule has 140 valence electrons. The van der Waals surface area contributed by atoms with Gasteiger partial charge in [-0.25, -0.2) is 4.98 Å². The van der Waals surface area contributed by atoms with Crippen LogP contribution in [0.15, 0.2) is 53.1 Å². The number of aromatic nitrogens is 1. The second-order valence-corrected chi connectivity index (χ2v) is 6.92. The first kappa shape index (κ1) is 18.3. The summed E-state index contributed by atoms with van der Waals surface area (Å²) in [5.41, 5.74) is 3.29. The van der Waals surface area contributed by atoms with Gasteiger partial charge in [0.15, 0.2) is 0 Å². The van der Waals surface area contributed by atoms with Crippen molar-refractivity contribution in [2.45, 2.75) is 6.92 Å². The zero-order valence-electron chi connectivity index (χ0n) is 14.5. The molecule has 6 nitrogen and oxygen atoms in total. The lowest BCUT2D eigenvalue weighted by molar-refractivity contribution is -0.114. The van der Waals surface area contributed by atoms with Crippen LogP contribution < -0.4 is 10.6 Å². The van der Waals surface area contributed by atoms with E-state index < -0.39 is 0 Å². The third-order valence-electron chi connectivity index (χ3n) is 4.11. The summed E-state index contributed by atoms with van der Waals surface area (Å²) in [6.45, 7) is 1.41. The molecule has 0 aliphatic carbocycles. The normalized spacial score (nSPS) is 11.0. The molecule has 0 saturated carbocycles. The van der Waals surface area contributed by atoms with E-state index in [1.54, 1.807) is 48.7 Å². The summed E-state index contributed by atoms with van der Waals surface area (Å²) >= 11 is 11.9. The SMILES string of the molecule is CC(=O)Nc1ccc(-c2c(C(=O)Nc3ccc(Cl)c(Cl)c3)c3ccc2o3)cn1. The van der Waals surface area contributed by atoms with Gasteiger partial charge in [-0.3, -0.25) is 9.59 Å². The Kier molecular flexibility index (Phi) is 4.66. The van der Waals surface area contributed by atoms with Crippen LogP contribution in [0.25, 0.3) is 22.3 Å². The quantitative estimate of drug-likeness (QED) is 0.465. The fraction of sp³-hybridized carbons (Fsp3) is 0.0500. The molecule has 4 aromatic rings. The summed E-state index contributed by atoms with van der Waals surface area (Å²) in [4.78, 5) is 28.3. The van der Waals surface area contributed by atoms with Crippen LogP contribution in [-0.2, 0) is 4.79 Å². The topological polar surface area (TPSA) is 84.2 Å². The molecule has 2 amide bonds. The minimum atomic E-state index is -0.339. The number of pyridine rings is 1. The van der Waals surface area contributed by atoms with Crippen molar-refractivity contribution in [3.05, 3.63) is 64.3 Å².